The van der Waals surface area contributed by atoms with Gasteiger partial charge in [-0.15, -0.1) is 0 Å². The van der Waals surface area contributed by atoms with Gasteiger partial charge in [0.25, 0.3) is 0 Å². The molecule has 1 aromatic carbocycles. The number of aryl methyl sites for hydroxylation is 1. The molecule has 0 spiro atoms. The van der Waals surface area contributed by atoms with Gasteiger partial charge < -0.3 is 15.4 Å². The summed E-state index contributed by atoms with van der Waals surface area (Å²) in [6, 6.07) is 4.88. The lowest BCUT2D eigenvalue weighted by Crippen LogP contribution is -2.27. The van der Waals surface area contributed by atoms with Crippen LogP contribution in [0, 0.1) is 6.92 Å². The number of hydrogen-bond donors (Lipinski definition) is 2. The SMILES string of the molecule is Cc1ccc(NC(=O)CC2CCCN2)c(OCC(F)(F)F)c1. The van der Waals surface area contributed by atoms with Crippen molar-refractivity contribution in [3.8, 4) is 5.75 Å². The van der Waals surface area contributed by atoms with E-state index < -0.39 is 12.8 Å². The number of anilines is 1. The second kappa shape index (κ2) is 7.00. The Morgan fingerprint density at radius 2 is 2.23 bits per heavy atom. The van der Waals surface area contributed by atoms with Gasteiger partial charge in [-0.1, -0.05) is 6.07 Å². The van der Waals surface area contributed by atoms with Gasteiger partial charge in [0.15, 0.2) is 6.61 Å². The van der Waals surface area contributed by atoms with E-state index in [2.05, 4.69) is 10.6 Å². The van der Waals surface area contributed by atoms with Crippen LogP contribution in [0.25, 0.3) is 0 Å². The van der Waals surface area contributed by atoms with Gasteiger partial charge in [-0.2, -0.15) is 13.2 Å². The maximum absolute atomic E-state index is 12.3. The van der Waals surface area contributed by atoms with Crippen molar-refractivity contribution in [3.63, 3.8) is 0 Å². The van der Waals surface area contributed by atoms with E-state index >= 15 is 0 Å². The van der Waals surface area contributed by atoms with Crippen LogP contribution >= 0.6 is 0 Å². The second-order valence-electron chi connectivity index (χ2n) is 5.45. The monoisotopic (exact) mass is 316 g/mol. The molecule has 2 N–H and O–H groups in total. The number of ether oxygens (including phenoxy) is 1. The van der Waals surface area contributed by atoms with Crippen molar-refractivity contribution in [3.05, 3.63) is 23.8 Å². The fourth-order valence-corrected chi connectivity index (χ4v) is 2.37. The molecule has 22 heavy (non-hydrogen) atoms. The summed E-state index contributed by atoms with van der Waals surface area (Å²) in [5.74, 6) is -0.204. The fourth-order valence-electron chi connectivity index (χ4n) is 2.37. The zero-order chi connectivity index (χ0) is 16.2. The maximum Gasteiger partial charge on any atom is 0.422 e. The van der Waals surface area contributed by atoms with E-state index in [0.29, 0.717) is 6.42 Å². The minimum absolute atomic E-state index is 0.0325. The summed E-state index contributed by atoms with van der Waals surface area (Å²) in [4.78, 5) is 12.0. The molecule has 1 aromatic rings. The maximum atomic E-state index is 12.3. The number of carbonyl (C=O) groups is 1. The Morgan fingerprint density at radius 1 is 1.45 bits per heavy atom. The molecule has 2 rings (SSSR count). The van der Waals surface area contributed by atoms with Crippen LogP contribution in [0.15, 0.2) is 18.2 Å². The van der Waals surface area contributed by atoms with Crippen LogP contribution in [0.2, 0.25) is 0 Å². The molecule has 1 atom stereocenters. The molecular weight excluding hydrogens is 297 g/mol. The molecule has 1 aliphatic heterocycles. The smallest absolute Gasteiger partial charge is 0.422 e. The molecule has 4 nitrogen and oxygen atoms in total. The zero-order valence-corrected chi connectivity index (χ0v) is 12.3. The van der Waals surface area contributed by atoms with Crippen LogP contribution in [0.3, 0.4) is 0 Å². The van der Waals surface area contributed by atoms with Crippen molar-refractivity contribution < 1.29 is 22.7 Å². The lowest BCUT2D eigenvalue weighted by molar-refractivity contribution is -0.153. The third kappa shape index (κ3) is 5.22. The summed E-state index contributed by atoms with van der Waals surface area (Å²) in [6.45, 7) is 1.25. The average molecular weight is 316 g/mol. The highest BCUT2D eigenvalue weighted by molar-refractivity contribution is 5.92. The number of nitrogens with one attached hydrogen (secondary N) is 2. The molecule has 1 unspecified atom stereocenters. The number of halogens is 3. The summed E-state index contributed by atoms with van der Waals surface area (Å²) >= 11 is 0. The summed E-state index contributed by atoms with van der Waals surface area (Å²) < 4.78 is 41.7. The van der Waals surface area contributed by atoms with Crippen LogP contribution in [0.5, 0.6) is 5.75 Å². The molecule has 122 valence electrons. The molecule has 1 saturated heterocycles. The van der Waals surface area contributed by atoms with E-state index in [0.717, 1.165) is 24.9 Å². The number of hydrogen-bond acceptors (Lipinski definition) is 3. The predicted octanol–water partition coefficient (Wildman–Crippen LogP) is 3.02. The number of alkyl halides is 3. The Kier molecular flexibility index (Phi) is 5.28. The first kappa shape index (κ1) is 16.6. The van der Waals surface area contributed by atoms with Crippen LogP contribution in [0.4, 0.5) is 18.9 Å². The number of benzene rings is 1. The largest absolute Gasteiger partial charge is 0.482 e. The van der Waals surface area contributed by atoms with Gasteiger partial charge in [0, 0.05) is 12.5 Å². The lowest BCUT2D eigenvalue weighted by atomic mass is 10.1. The second-order valence-corrected chi connectivity index (χ2v) is 5.45. The van der Waals surface area contributed by atoms with Gasteiger partial charge in [-0.05, 0) is 44.0 Å². The first-order valence-corrected chi connectivity index (χ1v) is 7.17. The molecule has 0 saturated carbocycles. The van der Waals surface area contributed by atoms with Crippen molar-refractivity contribution in [1.82, 2.24) is 5.32 Å². The fraction of sp³-hybridized carbons (Fsp3) is 0.533. The lowest BCUT2D eigenvalue weighted by Gasteiger charge is -2.15. The molecule has 0 radical (unpaired) electrons. The normalized spacial score (nSPS) is 18.3. The predicted molar refractivity (Wildman–Crippen MR) is 77.0 cm³/mol. The summed E-state index contributed by atoms with van der Waals surface area (Å²) in [5.41, 5.74) is 1.02. The Labute approximate surface area is 127 Å². The molecule has 0 aliphatic carbocycles. The number of rotatable bonds is 5. The zero-order valence-electron chi connectivity index (χ0n) is 12.3. The Bertz CT molecular complexity index is 526. The molecule has 7 heteroatoms. The van der Waals surface area contributed by atoms with Crippen molar-refractivity contribution in [2.45, 2.75) is 38.4 Å². The highest BCUT2D eigenvalue weighted by atomic mass is 19.4. The highest BCUT2D eigenvalue weighted by Gasteiger charge is 2.29. The van der Waals surface area contributed by atoms with Crippen molar-refractivity contribution in [1.29, 1.82) is 0 Å². The molecule has 1 heterocycles. The third-order valence-corrected chi connectivity index (χ3v) is 3.40. The summed E-state index contributed by atoms with van der Waals surface area (Å²) in [7, 11) is 0. The van der Waals surface area contributed by atoms with Crippen molar-refractivity contribution >= 4 is 11.6 Å². The van der Waals surface area contributed by atoms with E-state index in [4.69, 9.17) is 4.74 Å². The van der Waals surface area contributed by atoms with Gasteiger partial charge in [0.05, 0.1) is 5.69 Å². The average Bonchev–Trinajstić information content (AvgIpc) is 2.91. The van der Waals surface area contributed by atoms with Crippen LogP contribution in [0.1, 0.15) is 24.8 Å². The van der Waals surface area contributed by atoms with E-state index in [1.807, 2.05) is 0 Å². The van der Waals surface area contributed by atoms with Crippen LogP contribution in [-0.4, -0.2) is 31.3 Å². The van der Waals surface area contributed by atoms with Gasteiger partial charge in [0.1, 0.15) is 5.75 Å². The van der Waals surface area contributed by atoms with E-state index in [9.17, 15) is 18.0 Å². The van der Waals surface area contributed by atoms with Gasteiger partial charge in [-0.3, -0.25) is 4.79 Å². The molecular formula is C15H19F3N2O2. The Hall–Kier alpha value is -1.76. The molecule has 0 aromatic heterocycles. The van der Waals surface area contributed by atoms with E-state index in [1.165, 1.54) is 6.07 Å². The third-order valence-electron chi connectivity index (χ3n) is 3.40. The molecule has 0 bridgehead atoms. The first-order chi connectivity index (χ1) is 10.3. The van der Waals surface area contributed by atoms with E-state index in [1.54, 1.807) is 19.1 Å². The minimum atomic E-state index is -4.42. The summed E-state index contributed by atoms with van der Waals surface area (Å²) in [5, 5.41) is 5.83. The van der Waals surface area contributed by atoms with Crippen LogP contribution < -0.4 is 15.4 Å². The summed E-state index contributed by atoms with van der Waals surface area (Å²) in [6.07, 6.45) is -2.16. The van der Waals surface area contributed by atoms with Gasteiger partial charge in [0.2, 0.25) is 5.91 Å². The van der Waals surface area contributed by atoms with Crippen molar-refractivity contribution in [2.24, 2.45) is 0 Å². The van der Waals surface area contributed by atoms with E-state index in [-0.39, 0.29) is 23.4 Å². The quantitative estimate of drug-likeness (QED) is 0.878. The van der Waals surface area contributed by atoms with Crippen LogP contribution in [-0.2, 0) is 4.79 Å². The topological polar surface area (TPSA) is 50.4 Å². The van der Waals surface area contributed by atoms with Gasteiger partial charge >= 0.3 is 6.18 Å². The first-order valence-electron chi connectivity index (χ1n) is 7.17. The number of carbonyl (C=O) groups excluding carboxylic acids is 1. The minimum Gasteiger partial charge on any atom is -0.482 e. The van der Waals surface area contributed by atoms with Gasteiger partial charge in [-0.25, -0.2) is 0 Å². The molecule has 1 fully saturated rings. The number of amides is 1. The molecule has 1 amide bonds. The standard InChI is InChI=1S/C15H19F3N2O2/c1-10-4-5-12(13(7-10)22-9-15(16,17)18)20-14(21)8-11-3-2-6-19-11/h4-5,7,11,19H,2-3,6,8-9H2,1H3,(H,20,21). The highest BCUT2D eigenvalue weighted by Crippen LogP contribution is 2.28. The molecule has 1 aliphatic rings. The Balaban J connectivity index is 2.00. The Morgan fingerprint density at radius 3 is 2.86 bits per heavy atom. The van der Waals surface area contributed by atoms with Crippen molar-refractivity contribution in [2.75, 3.05) is 18.5 Å².